The van der Waals surface area contributed by atoms with Gasteiger partial charge in [-0.2, -0.15) is 0 Å². The molecule has 3 rings (SSSR count). The van der Waals surface area contributed by atoms with Crippen LogP contribution in [0.3, 0.4) is 0 Å². The molecule has 4 heteroatoms. The molecule has 0 spiro atoms. The van der Waals surface area contributed by atoms with Crippen LogP contribution in [0, 0.1) is 5.41 Å². The zero-order valence-corrected chi connectivity index (χ0v) is 18.4. The van der Waals surface area contributed by atoms with Gasteiger partial charge in [0, 0.05) is 22.4 Å². The third-order valence-corrected chi connectivity index (χ3v) is 4.70. The van der Waals surface area contributed by atoms with E-state index in [9.17, 15) is 0 Å². The molecule has 0 bridgehead atoms. The molecular formula is C24H32O4. The molecule has 2 heterocycles. The van der Waals surface area contributed by atoms with Gasteiger partial charge in [0.05, 0.1) is 18.8 Å². The second kappa shape index (κ2) is 7.23. The topological polar surface area (TPSA) is 40.8 Å². The Morgan fingerprint density at radius 2 is 1.54 bits per heavy atom. The summed E-state index contributed by atoms with van der Waals surface area (Å²) in [4.78, 5) is 0. The Morgan fingerprint density at radius 3 is 2.11 bits per heavy atom. The molecule has 0 unspecified atom stereocenters. The van der Waals surface area contributed by atoms with Crippen LogP contribution in [0.1, 0.15) is 66.5 Å². The van der Waals surface area contributed by atoms with E-state index in [0.29, 0.717) is 19.2 Å². The minimum absolute atomic E-state index is 0.100. The van der Waals surface area contributed by atoms with Crippen molar-refractivity contribution in [2.75, 3.05) is 13.2 Å². The van der Waals surface area contributed by atoms with E-state index < -0.39 is 0 Å². The summed E-state index contributed by atoms with van der Waals surface area (Å²) in [6.45, 7) is 18.0. The first kappa shape index (κ1) is 20.4. The molecule has 0 atom stereocenters. The average molecular weight is 385 g/mol. The third-order valence-electron chi connectivity index (χ3n) is 4.70. The number of allylic oxidation sites excluding steroid dienone is 2. The largest absolute Gasteiger partial charge is 0.494 e. The van der Waals surface area contributed by atoms with Crippen LogP contribution in [0.2, 0.25) is 0 Å². The Hall–Kier alpha value is -2.36. The van der Waals surface area contributed by atoms with Gasteiger partial charge < -0.3 is 18.6 Å². The van der Waals surface area contributed by atoms with Gasteiger partial charge in [-0.15, -0.1) is 0 Å². The van der Waals surface area contributed by atoms with Crippen molar-refractivity contribution in [2.45, 2.75) is 60.8 Å². The Morgan fingerprint density at radius 1 is 0.857 bits per heavy atom. The maximum Gasteiger partial charge on any atom is 0.298 e. The van der Waals surface area contributed by atoms with Gasteiger partial charge >= 0.3 is 0 Å². The van der Waals surface area contributed by atoms with Crippen LogP contribution in [-0.4, -0.2) is 13.2 Å². The second-order valence-corrected chi connectivity index (χ2v) is 9.17. The summed E-state index contributed by atoms with van der Waals surface area (Å²) in [5.41, 5.74) is 2.54. The molecule has 0 radical (unpaired) electrons. The summed E-state index contributed by atoms with van der Waals surface area (Å²) in [6.07, 6.45) is 3.97. The van der Waals surface area contributed by atoms with Gasteiger partial charge in [0.1, 0.15) is 22.9 Å². The predicted molar refractivity (Wildman–Crippen MR) is 114 cm³/mol. The number of fused-ring (bicyclic) bond motifs is 3. The number of furan rings is 1. The van der Waals surface area contributed by atoms with Gasteiger partial charge in [-0.1, -0.05) is 41.5 Å². The van der Waals surface area contributed by atoms with Gasteiger partial charge in [0.25, 0.3) is 5.95 Å². The van der Waals surface area contributed by atoms with Crippen LogP contribution in [0.15, 0.2) is 34.1 Å². The molecule has 28 heavy (non-hydrogen) atoms. The zero-order valence-electron chi connectivity index (χ0n) is 18.4. The van der Waals surface area contributed by atoms with E-state index in [1.165, 1.54) is 0 Å². The summed E-state index contributed by atoms with van der Waals surface area (Å²) in [7, 11) is 0. The molecule has 0 aliphatic carbocycles. The minimum atomic E-state index is -0.180. The number of benzene rings is 1. The van der Waals surface area contributed by atoms with E-state index >= 15 is 0 Å². The van der Waals surface area contributed by atoms with Crippen LogP contribution in [0.25, 0.3) is 17.0 Å². The minimum Gasteiger partial charge on any atom is -0.494 e. The first-order chi connectivity index (χ1) is 13.0. The average Bonchev–Trinajstić information content (AvgIpc) is 2.78. The van der Waals surface area contributed by atoms with E-state index in [0.717, 1.165) is 39.4 Å². The van der Waals surface area contributed by atoms with Gasteiger partial charge in [0.15, 0.2) is 0 Å². The third kappa shape index (κ3) is 3.91. The lowest BCUT2D eigenvalue weighted by Crippen LogP contribution is -2.15. The second-order valence-electron chi connectivity index (χ2n) is 9.17. The zero-order chi connectivity index (χ0) is 20.7. The maximum atomic E-state index is 6.29. The Balaban J connectivity index is 2.29. The first-order valence-corrected chi connectivity index (χ1v) is 10.0. The van der Waals surface area contributed by atoms with Crippen molar-refractivity contribution in [3.05, 3.63) is 40.9 Å². The Labute approximate surface area is 168 Å². The molecule has 1 aliphatic heterocycles. The number of hydrogen-bond acceptors (Lipinski definition) is 4. The highest BCUT2D eigenvalue weighted by Crippen LogP contribution is 2.44. The summed E-state index contributed by atoms with van der Waals surface area (Å²) >= 11 is 0. The highest BCUT2D eigenvalue weighted by atomic mass is 16.6. The number of rotatable bonds is 4. The molecule has 0 saturated carbocycles. The molecule has 0 N–H and O–H groups in total. The lowest BCUT2D eigenvalue weighted by atomic mass is 9.85. The summed E-state index contributed by atoms with van der Waals surface area (Å²) < 4.78 is 24.3. The molecule has 2 aromatic rings. The van der Waals surface area contributed by atoms with Gasteiger partial charge in [-0.05, 0) is 37.5 Å². The normalized spacial score (nSPS) is 14.7. The van der Waals surface area contributed by atoms with Crippen LogP contribution in [-0.2, 0) is 10.2 Å². The van der Waals surface area contributed by atoms with Crippen LogP contribution in [0.5, 0.6) is 11.7 Å². The van der Waals surface area contributed by atoms with Crippen LogP contribution >= 0.6 is 0 Å². The first-order valence-electron chi connectivity index (χ1n) is 10.0. The van der Waals surface area contributed by atoms with Crippen LogP contribution < -0.4 is 9.47 Å². The standard InChI is InChI=1S/C24H32O4/c1-9-25-15-11-17-18-12-16(26-10-2)14-20(24(6,7)8)27-22(18)28-21(17)19(13-15)23(3,4)5/h11-14H,9-10H2,1-8H3. The Kier molecular flexibility index (Phi) is 5.26. The van der Waals surface area contributed by atoms with Crippen molar-refractivity contribution in [1.82, 2.24) is 0 Å². The van der Waals surface area contributed by atoms with Crippen molar-refractivity contribution in [2.24, 2.45) is 5.41 Å². The molecule has 0 amide bonds. The summed E-state index contributed by atoms with van der Waals surface area (Å²) in [6, 6.07) is 4.10. The highest BCUT2D eigenvalue weighted by Gasteiger charge is 2.29. The van der Waals surface area contributed by atoms with Gasteiger partial charge in [0.2, 0.25) is 0 Å². The van der Waals surface area contributed by atoms with E-state index in [1.807, 2.05) is 32.1 Å². The maximum absolute atomic E-state index is 6.29. The van der Waals surface area contributed by atoms with Crippen LogP contribution in [0.4, 0.5) is 0 Å². The lowest BCUT2D eigenvalue weighted by Gasteiger charge is -2.22. The molecule has 1 aliphatic rings. The molecule has 152 valence electrons. The fraction of sp³-hybridized carbons (Fsp3) is 0.500. The van der Waals surface area contributed by atoms with Crippen molar-refractivity contribution < 1.29 is 18.6 Å². The fourth-order valence-corrected chi connectivity index (χ4v) is 3.25. The van der Waals surface area contributed by atoms with Crippen molar-refractivity contribution in [1.29, 1.82) is 0 Å². The van der Waals surface area contributed by atoms with E-state index in [2.05, 4.69) is 47.6 Å². The predicted octanol–water partition coefficient (Wildman–Crippen LogP) is 6.83. The Bertz CT molecular complexity index is 930. The fourth-order valence-electron chi connectivity index (χ4n) is 3.25. The summed E-state index contributed by atoms with van der Waals surface area (Å²) in [5.74, 6) is 2.92. The van der Waals surface area contributed by atoms with E-state index in [4.69, 9.17) is 18.6 Å². The molecule has 1 aromatic carbocycles. The number of hydrogen-bond donors (Lipinski definition) is 0. The van der Waals surface area contributed by atoms with Gasteiger partial charge in [-0.25, -0.2) is 0 Å². The molecule has 4 nitrogen and oxygen atoms in total. The molecular weight excluding hydrogens is 352 g/mol. The number of ether oxygens (including phenoxy) is 3. The highest BCUT2D eigenvalue weighted by molar-refractivity contribution is 5.94. The van der Waals surface area contributed by atoms with Crippen molar-refractivity contribution >= 4 is 17.0 Å². The van der Waals surface area contributed by atoms with Crippen molar-refractivity contribution in [3.63, 3.8) is 0 Å². The van der Waals surface area contributed by atoms with Crippen molar-refractivity contribution in [3.8, 4) is 11.7 Å². The molecule has 0 saturated heterocycles. The van der Waals surface area contributed by atoms with E-state index in [1.54, 1.807) is 0 Å². The lowest BCUT2D eigenvalue weighted by molar-refractivity contribution is 0.228. The smallest absolute Gasteiger partial charge is 0.298 e. The van der Waals surface area contributed by atoms with E-state index in [-0.39, 0.29) is 10.8 Å². The summed E-state index contributed by atoms with van der Waals surface area (Å²) in [5, 5.41) is 0.978. The van der Waals surface area contributed by atoms with Gasteiger partial charge in [-0.3, -0.25) is 0 Å². The SMILES string of the molecule is CCOC1=Cc2c(oc3c(C(C)(C)C)cc(OCC)cc23)OC(C(C)(C)C)=C1. The molecule has 1 aromatic heterocycles. The monoisotopic (exact) mass is 384 g/mol. The quantitative estimate of drug-likeness (QED) is 0.579. The molecule has 0 fully saturated rings.